The maximum atomic E-state index is 13.9. The Morgan fingerprint density at radius 2 is 1.84 bits per heavy atom. The van der Waals surface area contributed by atoms with Gasteiger partial charge in [-0.05, 0) is 42.7 Å². The molecule has 3 heterocycles. The Bertz CT molecular complexity index is 1350. The van der Waals surface area contributed by atoms with Crippen molar-refractivity contribution in [1.29, 1.82) is 0 Å². The number of anilines is 1. The van der Waals surface area contributed by atoms with Gasteiger partial charge in [0.1, 0.15) is 5.54 Å². The molecule has 10 nitrogen and oxygen atoms in total. The van der Waals surface area contributed by atoms with Gasteiger partial charge in [0.2, 0.25) is 23.6 Å². The van der Waals surface area contributed by atoms with Crippen LogP contribution in [0.1, 0.15) is 23.1 Å². The number of rotatable bonds is 7. The summed E-state index contributed by atoms with van der Waals surface area (Å²) in [7, 11) is 3.07. The van der Waals surface area contributed by atoms with Crippen LogP contribution in [0.25, 0.3) is 0 Å². The van der Waals surface area contributed by atoms with Crippen LogP contribution in [0.4, 0.5) is 5.69 Å². The summed E-state index contributed by atoms with van der Waals surface area (Å²) in [6.45, 7) is 1.93. The lowest BCUT2D eigenvalue weighted by Crippen LogP contribution is -2.53. The molecule has 4 atom stereocenters. The summed E-state index contributed by atoms with van der Waals surface area (Å²) in [5.74, 6) is -2.92. The number of hydrogen-bond acceptors (Lipinski definition) is 7. The van der Waals surface area contributed by atoms with E-state index in [0.29, 0.717) is 34.2 Å². The first-order valence-electron chi connectivity index (χ1n) is 11.9. The lowest BCUT2D eigenvalue weighted by Gasteiger charge is -2.29. The number of halogens is 1. The number of aryl methyl sites for hydroxylation is 1. The van der Waals surface area contributed by atoms with Gasteiger partial charge in [-0.1, -0.05) is 23.7 Å². The minimum absolute atomic E-state index is 0.0998. The van der Waals surface area contributed by atoms with Gasteiger partial charge >= 0.3 is 0 Å². The summed E-state index contributed by atoms with van der Waals surface area (Å²) in [5.41, 5.74) is 6.46. The molecule has 2 aromatic rings. The molecule has 2 fully saturated rings. The molecule has 1 spiro atoms. The van der Waals surface area contributed by atoms with Crippen molar-refractivity contribution in [3.05, 3.63) is 52.0 Å². The number of carbonyl (C=O) groups is 4. The number of carbonyl (C=O) groups excluding carboxylic acids is 4. The van der Waals surface area contributed by atoms with Gasteiger partial charge < -0.3 is 20.5 Å². The third-order valence-electron chi connectivity index (χ3n) is 7.50. The molecular weight excluding hydrogens is 500 g/mol. The van der Waals surface area contributed by atoms with E-state index >= 15 is 0 Å². The number of nitrogens with zero attached hydrogens (tertiary/aromatic N) is 1. The van der Waals surface area contributed by atoms with E-state index in [2.05, 4.69) is 10.6 Å². The summed E-state index contributed by atoms with van der Waals surface area (Å²) >= 11 is 6.43. The number of primary amides is 1. The molecule has 0 aliphatic carbocycles. The zero-order chi connectivity index (χ0) is 26.6. The monoisotopic (exact) mass is 526 g/mol. The fourth-order valence-corrected chi connectivity index (χ4v) is 6.26. The number of fused-ring (bicyclic) bond motifs is 4. The molecule has 0 bridgehead atoms. The molecule has 4 amide bonds. The minimum atomic E-state index is -1.54. The van der Waals surface area contributed by atoms with Crippen LogP contribution in [0, 0.1) is 18.8 Å². The van der Waals surface area contributed by atoms with E-state index in [1.54, 1.807) is 24.3 Å². The molecule has 0 saturated carbocycles. The van der Waals surface area contributed by atoms with Crippen LogP contribution in [0.3, 0.4) is 0 Å². The maximum Gasteiger partial charge on any atom is 0.250 e. The Labute approximate surface area is 218 Å². The molecule has 194 valence electrons. The standard InChI is InChI=1S/C26H27ClN4O6/c1-12-8-14-22(15(27)9-12)29-25(35)26(14)21-20(16(30-26)11-19(28)32)23(33)31(24(21)34)7-6-13-4-5-17(36-2)18(10-13)37-3/h4-5,8-10,16,20-21,30H,6-7,11H2,1-3H3,(H2,28,32)(H,29,35)/t16-,20+,21-,26+/m0/s1. The first kappa shape index (κ1) is 25.0. The predicted octanol–water partition coefficient (Wildman–Crippen LogP) is 1.50. The van der Waals surface area contributed by atoms with Gasteiger partial charge in [0.15, 0.2) is 11.5 Å². The molecule has 0 radical (unpaired) electrons. The second-order valence-corrected chi connectivity index (χ2v) is 10.0. The highest BCUT2D eigenvalue weighted by Crippen LogP contribution is 2.54. The highest BCUT2D eigenvalue weighted by Gasteiger charge is 2.70. The lowest BCUT2D eigenvalue weighted by atomic mass is 9.76. The van der Waals surface area contributed by atoms with Gasteiger partial charge in [-0.2, -0.15) is 0 Å². The normalized spacial score (nSPS) is 25.9. The van der Waals surface area contributed by atoms with E-state index < -0.39 is 47.0 Å². The Hall–Kier alpha value is -3.63. The van der Waals surface area contributed by atoms with Gasteiger partial charge in [-0.15, -0.1) is 0 Å². The van der Waals surface area contributed by atoms with E-state index in [1.807, 2.05) is 13.0 Å². The van der Waals surface area contributed by atoms with Crippen molar-refractivity contribution in [3.8, 4) is 11.5 Å². The number of ether oxygens (including phenoxy) is 2. The van der Waals surface area contributed by atoms with Crippen LogP contribution in [0.15, 0.2) is 30.3 Å². The Balaban J connectivity index is 1.51. The summed E-state index contributed by atoms with van der Waals surface area (Å²) in [6.07, 6.45) is 0.166. The number of nitrogens with two attached hydrogens (primary N) is 1. The van der Waals surface area contributed by atoms with E-state index in [-0.39, 0.29) is 13.0 Å². The Morgan fingerprint density at radius 3 is 2.51 bits per heavy atom. The van der Waals surface area contributed by atoms with E-state index in [4.69, 9.17) is 26.8 Å². The van der Waals surface area contributed by atoms with Crippen LogP contribution >= 0.6 is 11.6 Å². The number of imide groups is 1. The largest absolute Gasteiger partial charge is 0.493 e. The van der Waals surface area contributed by atoms with Crippen LogP contribution in [0.2, 0.25) is 5.02 Å². The quantitative estimate of drug-likeness (QED) is 0.464. The van der Waals surface area contributed by atoms with Crippen LogP contribution in [-0.2, 0) is 31.1 Å². The SMILES string of the molecule is COc1ccc(CCN2C(=O)[C@@H]3[C@H](CC(N)=O)N[C@@]4(C(=O)Nc5c(Cl)cc(C)cc54)[C@@H]3C2=O)cc1OC. The van der Waals surface area contributed by atoms with Crippen molar-refractivity contribution in [2.75, 3.05) is 26.1 Å². The molecule has 37 heavy (non-hydrogen) atoms. The molecule has 4 N–H and O–H groups in total. The van der Waals surface area contributed by atoms with E-state index in [0.717, 1.165) is 11.1 Å². The summed E-state index contributed by atoms with van der Waals surface area (Å²) in [4.78, 5) is 54.1. The third-order valence-corrected chi connectivity index (χ3v) is 7.80. The second kappa shape index (κ2) is 9.04. The van der Waals surface area contributed by atoms with Crippen molar-refractivity contribution in [3.63, 3.8) is 0 Å². The maximum absolute atomic E-state index is 13.9. The van der Waals surface area contributed by atoms with Gasteiger partial charge in [0, 0.05) is 24.6 Å². The zero-order valence-electron chi connectivity index (χ0n) is 20.6. The fourth-order valence-electron chi connectivity index (χ4n) is 5.94. The molecule has 5 rings (SSSR count). The number of hydrogen-bond donors (Lipinski definition) is 3. The van der Waals surface area contributed by atoms with Crippen molar-refractivity contribution >= 4 is 40.9 Å². The Kier molecular flexibility index (Phi) is 6.12. The smallest absolute Gasteiger partial charge is 0.250 e. The number of benzene rings is 2. The molecule has 11 heteroatoms. The van der Waals surface area contributed by atoms with Gasteiger partial charge in [0.05, 0.1) is 36.8 Å². The fraction of sp³-hybridized carbons (Fsp3) is 0.385. The molecule has 0 aromatic heterocycles. The van der Waals surface area contributed by atoms with Crippen molar-refractivity contribution in [2.24, 2.45) is 17.6 Å². The Morgan fingerprint density at radius 1 is 1.11 bits per heavy atom. The summed E-state index contributed by atoms with van der Waals surface area (Å²) < 4.78 is 10.6. The average molecular weight is 527 g/mol. The van der Waals surface area contributed by atoms with Gasteiger partial charge in [-0.3, -0.25) is 29.4 Å². The second-order valence-electron chi connectivity index (χ2n) is 9.62. The van der Waals surface area contributed by atoms with E-state index in [1.165, 1.54) is 19.1 Å². The van der Waals surface area contributed by atoms with E-state index in [9.17, 15) is 19.2 Å². The predicted molar refractivity (Wildman–Crippen MR) is 134 cm³/mol. The van der Waals surface area contributed by atoms with Gasteiger partial charge in [-0.25, -0.2) is 0 Å². The molecule has 2 aromatic carbocycles. The summed E-state index contributed by atoms with van der Waals surface area (Å²) in [5, 5.41) is 6.29. The van der Waals surface area contributed by atoms with Crippen LogP contribution in [-0.4, -0.2) is 55.3 Å². The van der Waals surface area contributed by atoms with Crippen molar-refractivity contribution in [2.45, 2.75) is 31.3 Å². The minimum Gasteiger partial charge on any atom is -0.493 e. The number of methoxy groups -OCH3 is 2. The molecular formula is C26H27ClN4O6. The third kappa shape index (κ3) is 3.74. The molecule has 2 saturated heterocycles. The number of amides is 4. The highest BCUT2D eigenvalue weighted by molar-refractivity contribution is 6.35. The molecule has 3 aliphatic rings. The number of likely N-dealkylation sites (tertiary alicyclic amines) is 1. The van der Waals surface area contributed by atoms with Crippen molar-refractivity contribution in [1.82, 2.24) is 10.2 Å². The first-order chi connectivity index (χ1) is 17.6. The topological polar surface area (TPSA) is 140 Å². The van der Waals surface area contributed by atoms with Gasteiger partial charge in [0.25, 0.3) is 0 Å². The molecule has 3 aliphatic heterocycles. The summed E-state index contributed by atoms with van der Waals surface area (Å²) in [6, 6.07) is 8.07. The first-order valence-corrected chi connectivity index (χ1v) is 12.2. The number of nitrogens with one attached hydrogen (secondary N) is 2. The van der Waals surface area contributed by atoms with Crippen LogP contribution in [0.5, 0.6) is 11.5 Å². The lowest BCUT2D eigenvalue weighted by molar-refractivity contribution is -0.142. The van der Waals surface area contributed by atoms with Crippen molar-refractivity contribution < 1.29 is 28.7 Å². The van der Waals surface area contributed by atoms with Crippen LogP contribution < -0.4 is 25.8 Å². The average Bonchev–Trinajstić information content (AvgIpc) is 3.42. The zero-order valence-corrected chi connectivity index (χ0v) is 21.3. The highest BCUT2D eigenvalue weighted by atomic mass is 35.5. The molecule has 0 unspecified atom stereocenters.